The number of ether oxygens (including phenoxy) is 2. The molecule has 1 aliphatic rings. The van der Waals surface area contributed by atoms with Crippen molar-refractivity contribution in [1.82, 2.24) is 14.3 Å². The van der Waals surface area contributed by atoms with Crippen molar-refractivity contribution in [3.8, 4) is 16.9 Å². The molecule has 0 saturated heterocycles. The van der Waals surface area contributed by atoms with E-state index in [4.69, 9.17) is 26.2 Å². The van der Waals surface area contributed by atoms with Crippen LogP contribution in [-0.4, -0.2) is 33.5 Å². The highest BCUT2D eigenvalue weighted by molar-refractivity contribution is 9.08. The fourth-order valence-electron chi connectivity index (χ4n) is 6.29. The van der Waals surface area contributed by atoms with Gasteiger partial charge in [0.1, 0.15) is 11.4 Å². The van der Waals surface area contributed by atoms with E-state index in [0.29, 0.717) is 35.7 Å². The van der Waals surface area contributed by atoms with Gasteiger partial charge in [-0.15, -0.1) is 0 Å². The Balaban J connectivity index is 1.39. The Morgan fingerprint density at radius 2 is 1.95 bits per heavy atom. The third kappa shape index (κ3) is 4.93. The van der Waals surface area contributed by atoms with Crippen LogP contribution in [0.15, 0.2) is 48.5 Å². The number of hydrogen-bond donors (Lipinski definition) is 0. The lowest BCUT2D eigenvalue weighted by molar-refractivity contribution is 0.0514. The Labute approximate surface area is 253 Å². The van der Waals surface area contributed by atoms with E-state index in [-0.39, 0.29) is 5.97 Å². The van der Waals surface area contributed by atoms with Crippen LogP contribution in [0.1, 0.15) is 52.8 Å². The highest BCUT2D eigenvalue weighted by Crippen LogP contribution is 2.43. The monoisotopic (exact) mass is 633 g/mol. The minimum absolute atomic E-state index is 0.307. The number of aromatic nitrogens is 3. The topological polar surface area (TPSA) is 58.3 Å². The van der Waals surface area contributed by atoms with Gasteiger partial charge >= 0.3 is 5.97 Å². The average molecular weight is 635 g/mol. The van der Waals surface area contributed by atoms with Gasteiger partial charge in [0.2, 0.25) is 0 Å². The number of carbonyl (C=O) groups excluding carboxylic acids is 1. The first-order chi connectivity index (χ1) is 19.9. The number of aryl methyl sites for hydroxylation is 4. The van der Waals surface area contributed by atoms with Crippen LogP contribution in [0.5, 0.6) is 5.75 Å². The molecule has 0 bridgehead atoms. The van der Waals surface area contributed by atoms with Crippen LogP contribution in [0.3, 0.4) is 0 Å². The van der Waals surface area contributed by atoms with Gasteiger partial charge in [0.25, 0.3) is 0 Å². The molecular weight excluding hydrogens is 602 g/mol. The van der Waals surface area contributed by atoms with Crippen LogP contribution >= 0.6 is 27.5 Å². The lowest BCUT2D eigenvalue weighted by atomic mass is 9.97. The number of carbonyl (C=O) groups is 1. The maximum Gasteiger partial charge on any atom is 0.355 e. The van der Waals surface area contributed by atoms with Crippen molar-refractivity contribution in [3.63, 3.8) is 0 Å². The van der Waals surface area contributed by atoms with E-state index in [2.05, 4.69) is 51.8 Å². The second-order valence-corrected chi connectivity index (χ2v) is 11.6. The van der Waals surface area contributed by atoms with Crippen molar-refractivity contribution in [2.45, 2.75) is 51.4 Å². The molecule has 0 N–H and O–H groups in total. The summed E-state index contributed by atoms with van der Waals surface area (Å²) in [6.07, 6.45) is 3.42. The SMILES string of the molecule is CCOC(=O)c1c(CCCOc2cc(C)cc3ccccc23)c2ccc(Cl)c(-c3c(CBr)nn4c3CCC4)c2n1C. The Morgan fingerprint density at radius 1 is 1.12 bits per heavy atom. The summed E-state index contributed by atoms with van der Waals surface area (Å²) in [7, 11) is 1.94. The zero-order valence-corrected chi connectivity index (χ0v) is 25.9. The molecule has 212 valence electrons. The summed E-state index contributed by atoms with van der Waals surface area (Å²) < 4.78 is 15.9. The predicted molar refractivity (Wildman–Crippen MR) is 169 cm³/mol. The van der Waals surface area contributed by atoms with Gasteiger partial charge < -0.3 is 14.0 Å². The van der Waals surface area contributed by atoms with Crippen molar-refractivity contribution in [2.75, 3.05) is 13.2 Å². The molecule has 41 heavy (non-hydrogen) atoms. The van der Waals surface area contributed by atoms with Gasteiger partial charge in [-0.3, -0.25) is 4.68 Å². The summed E-state index contributed by atoms with van der Waals surface area (Å²) >= 11 is 10.6. The minimum atomic E-state index is -0.324. The molecule has 3 heterocycles. The number of fused-ring (bicyclic) bond motifs is 3. The molecule has 0 spiro atoms. The van der Waals surface area contributed by atoms with Gasteiger partial charge in [-0.2, -0.15) is 5.10 Å². The molecule has 8 heteroatoms. The number of esters is 1. The van der Waals surface area contributed by atoms with Crippen LogP contribution in [0, 0.1) is 6.92 Å². The summed E-state index contributed by atoms with van der Waals surface area (Å²) in [5.41, 5.74) is 7.80. The van der Waals surface area contributed by atoms with Crippen LogP contribution in [0.2, 0.25) is 5.02 Å². The molecule has 2 aromatic heterocycles. The number of benzene rings is 3. The number of hydrogen-bond acceptors (Lipinski definition) is 4. The van der Waals surface area contributed by atoms with E-state index in [1.807, 2.05) is 42.8 Å². The van der Waals surface area contributed by atoms with Crippen LogP contribution in [0.4, 0.5) is 0 Å². The lowest BCUT2D eigenvalue weighted by Crippen LogP contribution is -2.13. The number of alkyl halides is 1. The van der Waals surface area contributed by atoms with Gasteiger partial charge in [0.05, 0.1) is 29.4 Å². The Bertz CT molecular complexity index is 1790. The van der Waals surface area contributed by atoms with Gasteiger partial charge in [-0.25, -0.2) is 4.79 Å². The molecule has 0 unspecified atom stereocenters. The summed E-state index contributed by atoms with van der Waals surface area (Å²) in [6, 6.07) is 16.5. The first kappa shape index (κ1) is 27.9. The molecule has 6 rings (SSSR count). The third-order valence-electron chi connectivity index (χ3n) is 7.96. The van der Waals surface area contributed by atoms with Crippen molar-refractivity contribution in [2.24, 2.45) is 7.05 Å². The fourth-order valence-corrected chi connectivity index (χ4v) is 6.93. The van der Waals surface area contributed by atoms with E-state index in [0.717, 1.165) is 75.8 Å². The van der Waals surface area contributed by atoms with Crippen molar-refractivity contribution in [3.05, 3.63) is 81.8 Å². The van der Waals surface area contributed by atoms with Gasteiger partial charge in [-0.1, -0.05) is 63.9 Å². The summed E-state index contributed by atoms with van der Waals surface area (Å²) in [6.45, 7) is 5.66. The van der Waals surface area contributed by atoms with Crippen molar-refractivity contribution >= 4 is 55.2 Å². The summed E-state index contributed by atoms with van der Waals surface area (Å²) in [5.74, 6) is 0.561. The molecule has 0 fully saturated rings. The van der Waals surface area contributed by atoms with Gasteiger partial charge in [0, 0.05) is 46.5 Å². The highest BCUT2D eigenvalue weighted by Gasteiger charge is 2.29. The number of nitrogens with zero attached hydrogens (tertiary/aromatic N) is 3. The first-order valence-corrected chi connectivity index (χ1v) is 15.7. The van der Waals surface area contributed by atoms with Crippen LogP contribution in [0.25, 0.3) is 32.8 Å². The summed E-state index contributed by atoms with van der Waals surface area (Å²) in [4.78, 5) is 13.4. The molecule has 0 saturated carbocycles. The standard InChI is InChI=1S/C33H33BrClN3O3/c1-4-40-33(39)32-23(11-8-16-41-28-18-20(2)17-21-9-5-6-10-22(21)28)24-13-14-25(35)29(31(24)37(32)3)30-26(19-34)36-38-15-7-12-27(30)38/h5-6,9-10,13-14,17-18H,4,7-8,11-12,15-16,19H2,1-3H3. The number of rotatable bonds is 9. The van der Waals surface area contributed by atoms with E-state index in [1.165, 1.54) is 11.1 Å². The van der Waals surface area contributed by atoms with E-state index >= 15 is 0 Å². The fraction of sp³-hybridized carbons (Fsp3) is 0.333. The Kier molecular flexibility index (Phi) is 7.84. The van der Waals surface area contributed by atoms with E-state index in [9.17, 15) is 4.79 Å². The highest BCUT2D eigenvalue weighted by atomic mass is 79.9. The normalized spacial score (nSPS) is 12.8. The molecule has 1 aliphatic heterocycles. The van der Waals surface area contributed by atoms with E-state index < -0.39 is 0 Å². The number of halogens is 2. The zero-order valence-electron chi connectivity index (χ0n) is 23.6. The second-order valence-electron chi connectivity index (χ2n) is 10.6. The zero-order chi connectivity index (χ0) is 28.7. The molecule has 5 aromatic rings. The van der Waals surface area contributed by atoms with Crippen LogP contribution in [-0.2, 0) is 36.5 Å². The molecule has 0 amide bonds. The maximum absolute atomic E-state index is 13.4. The second kappa shape index (κ2) is 11.5. The molecule has 0 atom stereocenters. The summed E-state index contributed by atoms with van der Waals surface area (Å²) in [5, 5.41) is 9.43. The van der Waals surface area contributed by atoms with Crippen molar-refractivity contribution in [1.29, 1.82) is 0 Å². The van der Waals surface area contributed by atoms with Crippen LogP contribution < -0.4 is 4.74 Å². The average Bonchev–Trinajstić information content (AvgIpc) is 3.63. The molecule has 0 aliphatic carbocycles. The maximum atomic E-state index is 13.4. The molecule has 0 radical (unpaired) electrons. The Hall–Kier alpha value is -3.29. The predicted octanol–water partition coefficient (Wildman–Crippen LogP) is 8.19. The lowest BCUT2D eigenvalue weighted by Gasteiger charge is -2.11. The van der Waals surface area contributed by atoms with Gasteiger partial charge in [0.15, 0.2) is 0 Å². The molecular formula is C33H33BrClN3O3. The molecule has 3 aromatic carbocycles. The smallest absolute Gasteiger partial charge is 0.355 e. The minimum Gasteiger partial charge on any atom is -0.493 e. The van der Waals surface area contributed by atoms with Gasteiger partial charge in [-0.05, 0) is 68.2 Å². The third-order valence-corrected chi connectivity index (χ3v) is 8.81. The molecule has 6 nitrogen and oxygen atoms in total. The largest absolute Gasteiger partial charge is 0.493 e. The quantitative estimate of drug-likeness (QED) is 0.0932. The Morgan fingerprint density at radius 3 is 2.76 bits per heavy atom. The van der Waals surface area contributed by atoms with E-state index in [1.54, 1.807) is 0 Å². The van der Waals surface area contributed by atoms with Crippen molar-refractivity contribution < 1.29 is 14.3 Å². The first-order valence-electron chi connectivity index (χ1n) is 14.2.